The molecule has 0 saturated heterocycles. The standard InChI is InChI=1S/C33H31N3O4/c1-18-14-22-15-21(25-16-34-17-36-19(25)2)6-7-23(22)29(27(18)31(32(37)38)40-33(3,4)5)24-8-9-26-28-20(11-13-39-26)10-12-35-30(24)28/h6-10,12,14-17,31H,11,13H2,1-5H3,(H,37,38)/t31-/m0/s1. The summed E-state index contributed by atoms with van der Waals surface area (Å²) in [5.74, 6) is -0.236. The number of hydrogen-bond acceptors (Lipinski definition) is 6. The van der Waals surface area contributed by atoms with Gasteiger partial charge in [0.25, 0.3) is 0 Å². The minimum Gasteiger partial charge on any atom is -0.493 e. The van der Waals surface area contributed by atoms with Crippen LogP contribution in [0, 0.1) is 13.8 Å². The Morgan fingerprint density at radius 2 is 1.88 bits per heavy atom. The van der Waals surface area contributed by atoms with Crippen molar-refractivity contribution in [2.24, 2.45) is 0 Å². The Kier molecular flexibility index (Phi) is 6.27. The van der Waals surface area contributed by atoms with Crippen LogP contribution in [0.2, 0.25) is 0 Å². The first-order valence-corrected chi connectivity index (χ1v) is 13.4. The average molecular weight is 534 g/mol. The monoisotopic (exact) mass is 533 g/mol. The highest BCUT2D eigenvalue weighted by Gasteiger charge is 2.32. The molecule has 7 heteroatoms. The fourth-order valence-corrected chi connectivity index (χ4v) is 5.72. The first-order chi connectivity index (χ1) is 19.1. The molecule has 3 aromatic carbocycles. The highest BCUT2D eigenvalue weighted by molar-refractivity contribution is 6.09. The number of ether oxygens (including phenoxy) is 2. The van der Waals surface area contributed by atoms with Gasteiger partial charge in [-0.1, -0.05) is 18.2 Å². The second-order valence-electron chi connectivity index (χ2n) is 11.3. The second kappa shape index (κ2) is 9.68. The van der Waals surface area contributed by atoms with Crippen molar-refractivity contribution in [1.29, 1.82) is 0 Å². The number of aliphatic carboxylic acids is 1. The van der Waals surface area contributed by atoms with Crippen molar-refractivity contribution in [3.8, 4) is 28.0 Å². The lowest BCUT2D eigenvalue weighted by atomic mass is 9.85. The van der Waals surface area contributed by atoms with Crippen molar-refractivity contribution >= 4 is 27.6 Å². The van der Waals surface area contributed by atoms with E-state index in [1.807, 2.05) is 77.3 Å². The number of fused-ring (bicyclic) bond motifs is 1. The number of rotatable bonds is 5. The van der Waals surface area contributed by atoms with E-state index < -0.39 is 17.7 Å². The summed E-state index contributed by atoms with van der Waals surface area (Å²) in [4.78, 5) is 26.2. The molecule has 0 bridgehead atoms. The van der Waals surface area contributed by atoms with Crippen molar-refractivity contribution in [3.63, 3.8) is 0 Å². The van der Waals surface area contributed by atoms with E-state index in [0.717, 1.165) is 67.4 Å². The predicted octanol–water partition coefficient (Wildman–Crippen LogP) is 7.00. The van der Waals surface area contributed by atoms with Crippen LogP contribution in [0.3, 0.4) is 0 Å². The maximum atomic E-state index is 12.8. The summed E-state index contributed by atoms with van der Waals surface area (Å²) >= 11 is 0. The Balaban J connectivity index is 1.70. The molecule has 5 aromatic rings. The van der Waals surface area contributed by atoms with Gasteiger partial charge in [-0.05, 0) is 91.9 Å². The van der Waals surface area contributed by atoms with E-state index in [-0.39, 0.29) is 0 Å². The van der Waals surface area contributed by atoms with Crippen LogP contribution in [-0.4, -0.2) is 38.2 Å². The Hall–Kier alpha value is -4.36. The van der Waals surface area contributed by atoms with Crippen LogP contribution in [0.15, 0.2) is 61.2 Å². The zero-order chi connectivity index (χ0) is 28.2. The number of benzene rings is 3. The molecular formula is C33H31N3O4. The highest BCUT2D eigenvalue weighted by Crippen LogP contribution is 2.45. The number of carbonyl (C=O) groups is 1. The lowest BCUT2D eigenvalue weighted by Crippen LogP contribution is -2.28. The molecule has 2 aromatic heterocycles. The fourth-order valence-electron chi connectivity index (χ4n) is 5.72. The topological polar surface area (TPSA) is 94.4 Å². The van der Waals surface area contributed by atoms with Gasteiger partial charge in [0.2, 0.25) is 0 Å². The van der Waals surface area contributed by atoms with Gasteiger partial charge in [-0.2, -0.15) is 0 Å². The van der Waals surface area contributed by atoms with E-state index in [9.17, 15) is 9.90 Å². The lowest BCUT2D eigenvalue weighted by molar-refractivity contribution is -0.160. The smallest absolute Gasteiger partial charge is 0.337 e. The van der Waals surface area contributed by atoms with Crippen LogP contribution >= 0.6 is 0 Å². The minimum absolute atomic E-state index is 0.621. The van der Waals surface area contributed by atoms with Gasteiger partial charge < -0.3 is 14.6 Å². The summed E-state index contributed by atoms with van der Waals surface area (Å²) in [5.41, 5.74) is 7.23. The summed E-state index contributed by atoms with van der Waals surface area (Å²) in [6.07, 6.45) is 4.81. The number of pyridine rings is 1. The lowest BCUT2D eigenvalue weighted by Gasteiger charge is -2.29. The first-order valence-electron chi connectivity index (χ1n) is 13.4. The Labute approximate surface area is 232 Å². The zero-order valence-corrected chi connectivity index (χ0v) is 23.3. The Morgan fingerprint density at radius 1 is 1.05 bits per heavy atom. The predicted molar refractivity (Wildman–Crippen MR) is 156 cm³/mol. The average Bonchev–Trinajstić information content (AvgIpc) is 2.91. The molecule has 0 unspecified atom stereocenters. The Morgan fingerprint density at radius 3 is 2.62 bits per heavy atom. The van der Waals surface area contributed by atoms with Crippen LogP contribution in [-0.2, 0) is 16.0 Å². The van der Waals surface area contributed by atoms with E-state index in [1.54, 1.807) is 6.33 Å². The number of aromatic nitrogens is 3. The third-order valence-corrected chi connectivity index (χ3v) is 7.41. The number of aryl methyl sites for hydroxylation is 2. The summed E-state index contributed by atoms with van der Waals surface area (Å²) in [7, 11) is 0. The van der Waals surface area contributed by atoms with Crippen LogP contribution < -0.4 is 4.74 Å². The van der Waals surface area contributed by atoms with E-state index in [0.29, 0.717) is 12.2 Å². The van der Waals surface area contributed by atoms with Gasteiger partial charge in [-0.3, -0.25) is 4.98 Å². The molecule has 1 aliphatic heterocycles. The highest BCUT2D eigenvalue weighted by atomic mass is 16.5. The fraction of sp³-hybridized carbons (Fsp3) is 0.273. The quantitative estimate of drug-likeness (QED) is 0.260. The van der Waals surface area contributed by atoms with Gasteiger partial charge in [0, 0.05) is 46.6 Å². The molecule has 1 atom stereocenters. The van der Waals surface area contributed by atoms with Crippen molar-refractivity contribution in [3.05, 3.63) is 83.6 Å². The zero-order valence-electron chi connectivity index (χ0n) is 23.3. The Bertz CT molecular complexity index is 1800. The van der Waals surface area contributed by atoms with Gasteiger partial charge >= 0.3 is 5.97 Å². The molecule has 3 heterocycles. The van der Waals surface area contributed by atoms with Crippen molar-refractivity contribution in [2.75, 3.05) is 6.61 Å². The van der Waals surface area contributed by atoms with Crippen LogP contribution in [0.25, 0.3) is 43.9 Å². The first kappa shape index (κ1) is 25.9. The second-order valence-corrected chi connectivity index (χ2v) is 11.3. The van der Waals surface area contributed by atoms with Gasteiger partial charge in [0.1, 0.15) is 12.1 Å². The maximum absolute atomic E-state index is 12.8. The molecule has 202 valence electrons. The summed E-state index contributed by atoms with van der Waals surface area (Å²) in [6.45, 7) is 10.2. The summed E-state index contributed by atoms with van der Waals surface area (Å²) in [5, 5.41) is 13.3. The van der Waals surface area contributed by atoms with Crippen molar-refractivity contribution in [1.82, 2.24) is 15.0 Å². The number of carboxylic acids is 1. The van der Waals surface area contributed by atoms with E-state index >= 15 is 0 Å². The third kappa shape index (κ3) is 4.46. The maximum Gasteiger partial charge on any atom is 0.337 e. The third-order valence-electron chi connectivity index (χ3n) is 7.41. The SMILES string of the molecule is Cc1cc2cc(-c3cncnc3C)ccc2c(-c2ccc3c4c(ccnc24)CCO3)c1[C@H](OC(C)(C)C)C(=O)O. The molecule has 0 saturated carbocycles. The summed E-state index contributed by atoms with van der Waals surface area (Å²) < 4.78 is 12.2. The van der Waals surface area contributed by atoms with Crippen LogP contribution in [0.5, 0.6) is 5.75 Å². The molecule has 0 aliphatic carbocycles. The molecular weight excluding hydrogens is 502 g/mol. The molecule has 6 rings (SSSR count). The molecule has 1 N–H and O–H groups in total. The van der Waals surface area contributed by atoms with Crippen molar-refractivity contribution < 1.29 is 19.4 Å². The molecule has 0 fully saturated rings. The number of nitrogens with zero attached hydrogens (tertiary/aromatic N) is 3. The normalized spacial score (nSPS) is 13.8. The van der Waals surface area contributed by atoms with Crippen LogP contribution in [0.4, 0.5) is 0 Å². The molecule has 7 nitrogen and oxygen atoms in total. The molecule has 1 aliphatic rings. The van der Waals surface area contributed by atoms with Crippen molar-refractivity contribution in [2.45, 2.75) is 52.7 Å². The largest absolute Gasteiger partial charge is 0.493 e. The van der Waals surface area contributed by atoms with Gasteiger partial charge in [0.15, 0.2) is 6.10 Å². The van der Waals surface area contributed by atoms with Gasteiger partial charge in [0.05, 0.1) is 17.7 Å². The number of carboxylic acid groups (broad SMARTS) is 1. The van der Waals surface area contributed by atoms with Crippen LogP contribution in [0.1, 0.15) is 49.3 Å². The number of hydrogen-bond donors (Lipinski definition) is 1. The minimum atomic E-state index is -1.18. The molecule has 0 amide bonds. The van der Waals surface area contributed by atoms with E-state index in [2.05, 4.69) is 22.1 Å². The van der Waals surface area contributed by atoms with E-state index in [1.165, 1.54) is 5.56 Å². The summed E-state index contributed by atoms with van der Waals surface area (Å²) in [6, 6.07) is 14.3. The molecule has 0 spiro atoms. The van der Waals surface area contributed by atoms with E-state index in [4.69, 9.17) is 14.5 Å². The molecule has 40 heavy (non-hydrogen) atoms. The van der Waals surface area contributed by atoms with Gasteiger partial charge in [-0.25, -0.2) is 14.8 Å². The molecule has 0 radical (unpaired) electrons. The van der Waals surface area contributed by atoms with Gasteiger partial charge in [-0.15, -0.1) is 0 Å².